The first kappa shape index (κ1) is 17.5. The van der Waals surface area contributed by atoms with Gasteiger partial charge < -0.3 is 14.6 Å². The number of phenolic OH excluding ortho intramolecular Hbond substituents is 1. The van der Waals surface area contributed by atoms with Crippen LogP contribution in [0, 0.1) is 17.6 Å². The number of carbonyl (C=O) groups excluding carboxylic acids is 1. The van der Waals surface area contributed by atoms with E-state index in [-0.39, 0.29) is 6.42 Å². The molecule has 0 amide bonds. The van der Waals surface area contributed by atoms with Gasteiger partial charge in [-0.3, -0.25) is 0 Å². The third-order valence-corrected chi connectivity index (χ3v) is 3.96. The summed E-state index contributed by atoms with van der Waals surface area (Å²) in [6, 6.07) is 1.39. The molecule has 1 aromatic rings. The van der Waals surface area contributed by atoms with Crippen LogP contribution in [0.15, 0.2) is 12.1 Å². The molecular formula is C14H13F5O4. The number of alkyl halides is 3. The second-order valence-corrected chi connectivity index (χ2v) is 5.48. The molecule has 9 heteroatoms. The molecule has 0 bridgehead atoms. The average Bonchev–Trinajstić information content (AvgIpc) is 2.76. The van der Waals surface area contributed by atoms with E-state index >= 15 is 0 Å². The number of rotatable bonds is 2. The Hall–Kier alpha value is -1.90. The molecule has 1 heterocycles. The van der Waals surface area contributed by atoms with Crippen molar-refractivity contribution in [1.82, 2.24) is 0 Å². The summed E-state index contributed by atoms with van der Waals surface area (Å²) in [4.78, 5) is 11.9. The van der Waals surface area contributed by atoms with Crippen molar-refractivity contribution < 1.29 is 41.3 Å². The quantitative estimate of drug-likeness (QED) is 0.510. The Morgan fingerprint density at radius 1 is 1.39 bits per heavy atom. The number of hydrogen-bond acceptors (Lipinski definition) is 4. The van der Waals surface area contributed by atoms with Crippen LogP contribution >= 0.6 is 0 Å². The second-order valence-electron chi connectivity index (χ2n) is 5.48. The zero-order valence-electron chi connectivity index (χ0n) is 12.1. The molecular weight excluding hydrogens is 327 g/mol. The zero-order chi connectivity index (χ0) is 17.6. The Morgan fingerprint density at radius 2 is 2.00 bits per heavy atom. The standard InChI is InChI=1S/C14H13F5O4/c1-6-5-9(23-13(6,2)14(17,18)19)12(21)22-8-4-3-7(15)10(16)11(8)20/h3-4,6,9,20H,5H2,1-2H3. The van der Waals surface area contributed by atoms with Crippen molar-refractivity contribution in [3.63, 3.8) is 0 Å². The molecule has 1 aliphatic heterocycles. The molecule has 0 aliphatic carbocycles. The van der Waals surface area contributed by atoms with Crippen LogP contribution in [0.4, 0.5) is 22.0 Å². The molecule has 1 N–H and O–H groups in total. The predicted octanol–water partition coefficient (Wildman–Crippen LogP) is 3.32. The summed E-state index contributed by atoms with van der Waals surface area (Å²) in [6.07, 6.45) is -6.49. The molecule has 23 heavy (non-hydrogen) atoms. The van der Waals surface area contributed by atoms with Crippen LogP contribution in [0.3, 0.4) is 0 Å². The topological polar surface area (TPSA) is 55.8 Å². The Labute approximate surface area is 127 Å². The van der Waals surface area contributed by atoms with Gasteiger partial charge in [-0.05, 0) is 31.4 Å². The lowest BCUT2D eigenvalue weighted by Gasteiger charge is -2.30. The van der Waals surface area contributed by atoms with Gasteiger partial charge in [0, 0.05) is 0 Å². The largest absolute Gasteiger partial charge is 0.502 e. The molecule has 3 atom stereocenters. The molecule has 0 aromatic heterocycles. The summed E-state index contributed by atoms with van der Waals surface area (Å²) in [7, 11) is 0. The lowest BCUT2D eigenvalue weighted by molar-refractivity contribution is -0.273. The van der Waals surface area contributed by atoms with Gasteiger partial charge in [-0.15, -0.1) is 0 Å². The van der Waals surface area contributed by atoms with Crippen molar-refractivity contribution in [2.24, 2.45) is 5.92 Å². The minimum atomic E-state index is -4.69. The van der Waals surface area contributed by atoms with Gasteiger partial charge in [0.15, 0.2) is 29.0 Å². The molecule has 128 valence electrons. The Kier molecular flexibility index (Phi) is 4.27. The lowest BCUT2D eigenvalue weighted by atomic mass is 9.89. The number of halogens is 5. The zero-order valence-corrected chi connectivity index (χ0v) is 12.1. The molecule has 2 rings (SSSR count). The predicted molar refractivity (Wildman–Crippen MR) is 66.8 cm³/mol. The van der Waals surface area contributed by atoms with Gasteiger partial charge in [-0.1, -0.05) is 6.92 Å². The van der Waals surface area contributed by atoms with Crippen molar-refractivity contribution in [1.29, 1.82) is 0 Å². The SMILES string of the molecule is CC1CC(C(=O)Oc2ccc(F)c(F)c2O)OC1(C)C(F)(F)F. The van der Waals surface area contributed by atoms with Gasteiger partial charge in [-0.2, -0.15) is 17.6 Å². The fourth-order valence-corrected chi connectivity index (χ4v) is 2.28. The smallest absolute Gasteiger partial charge is 0.417 e. The van der Waals surface area contributed by atoms with Crippen molar-refractivity contribution in [2.75, 3.05) is 0 Å². The van der Waals surface area contributed by atoms with Gasteiger partial charge in [0.2, 0.25) is 5.82 Å². The highest BCUT2D eigenvalue weighted by Crippen LogP contribution is 2.47. The molecule has 3 unspecified atom stereocenters. The highest BCUT2D eigenvalue weighted by Gasteiger charge is 2.61. The fourth-order valence-electron chi connectivity index (χ4n) is 2.28. The molecule has 4 nitrogen and oxygen atoms in total. The summed E-state index contributed by atoms with van der Waals surface area (Å²) >= 11 is 0. The van der Waals surface area contributed by atoms with Crippen molar-refractivity contribution in [2.45, 2.75) is 38.1 Å². The van der Waals surface area contributed by atoms with E-state index in [1.165, 1.54) is 6.92 Å². The third-order valence-electron chi connectivity index (χ3n) is 3.96. The molecule has 1 saturated heterocycles. The summed E-state index contributed by atoms with van der Waals surface area (Å²) in [5.41, 5.74) is -2.52. The van der Waals surface area contributed by atoms with Crippen LogP contribution in [0.2, 0.25) is 0 Å². The number of ether oxygens (including phenoxy) is 2. The number of benzene rings is 1. The Bertz CT molecular complexity index is 630. The summed E-state index contributed by atoms with van der Waals surface area (Å²) < 4.78 is 74.5. The molecule has 1 aromatic carbocycles. The highest BCUT2D eigenvalue weighted by atomic mass is 19.4. The van der Waals surface area contributed by atoms with Crippen LogP contribution in [-0.2, 0) is 9.53 Å². The second kappa shape index (κ2) is 5.63. The Balaban J connectivity index is 2.16. The average molecular weight is 340 g/mol. The van der Waals surface area contributed by atoms with E-state index < -0.39 is 52.9 Å². The molecule has 0 saturated carbocycles. The number of esters is 1. The first-order valence-corrected chi connectivity index (χ1v) is 6.60. The minimum Gasteiger partial charge on any atom is -0.502 e. The Morgan fingerprint density at radius 3 is 2.52 bits per heavy atom. The van der Waals surface area contributed by atoms with Crippen molar-refractivity contribution in [3.8, 4) is 11.5 Å². The van der Waals surface area contributed by atoms with E-state index in [9.17, 15) is 31.9 Å². The number of carbonyl (C=O) groups is 1. The monoisotopic (exact) mass is 340 g/mol. The van der Waals surface area contributed by atoms with Crippen molar-refractivity contribution >= 4 is 5.97 Å². The van der Waals surface area contributed by atoms with Crippen LogP contribution in [0.1, 0.15) is 20.3 Å². The molecule has 0 radical (unpaired) electrons. The summed E-state index contributed by atoms with van der Waals surface area (Å²) in [5, 5.41) is 9.34. The van der Waals surface area contributed by atoms with Crippen molar-refractivity contribution in [3.05, 3.63) is 23.8 Å². The van der Waals surface area contributed by atoms with Gasteiger partial charge in [-0.25, -0.2) is 9.18 Å². The number of hydrogen-bond donors (Lipinski definition) is 1. The summed E-state index contributed by atoms with van der Waals surface area (Å²) in [5.74, 6) is -7.19. The number of phenols is 1. The minimum absolute atomic E-state index is 0.265. The summed E-state index contributed by atoms with van der Waals surface area (Å²) in [6.45, 7) is 2.09. The van der Waals surface area contributed by atoms with E-state index in [1.54, 1.807) is 0 Å². The number of aromatic hydroxyl groups is 1. The van der Waals surface area contributed by atoms with E-state index in [4.69, 9.17) is 4.74 Å². The van der Waals surface area contributed by atoms with Gasteiger partial charge >= 0.3 is 12.1 Å². The normalized spacial score (nSPS) is 28.0. The van der Waals surface area contributed by atoms with Gasteiger partial charge in [0.05, 0.1) is 0 Å². The molecule has 1 fully saturated rings. The third kappa shape index (κ3) is 2.97. The van der Waals surface area contributed by atoms with Crippen LogP contribution in [0.5, 0.6) is 11.5 Å². The van der Waals surface area contributed by atoms with E-state index in [0.29, 0.717) is 6.07 Å². The first-order valence-electron chi connectivity index (χ1n) is 6.60. The van der Waals surface area contributed by atoms with E-state index in [0.717, 1.165) is 13.0 Å². The maximum atomic E-state index is 13.2. The highest BCUT2D eigenvalue weighted by molar-refractivity contribution is 5.78. The molecule has 0 spiro atoms. The first-order chi connectivity index (χ1) is 10.5. The van der Waals surface area contributed by atoms with Gasteiger partial charge in [0.25, 0.3) is 0 Å². The van der Waals surface area contributed by atoms with E-state index in [1.807, 2.05) is 0 Å². The van der Waals surface area contributed by atoms with Gasteiger partial charge in [0.1, 0.15) is 0 Å². The van der Waals surface area contributed by atoms with Crippen LogP contribution in [0.25, 0.3) is 0 Å². The maximum absolute atomic E-state index is 13.2. The van der Waals surface area contributed by atoms with E-state index in [2.05, 4.69) is 4.74 Å². The van der Waals surface area contributed by atoms with Crippen LogP contribution in [-0.4, -0.2) is 29.0 Å². The van der Waals surface area contributed by atoms with Crippen LogP contribution < -0.4 is 4.74 Å². The fraction of sp³-hybridized carbons (Fsp3) is 0.500. The maximum Gasteiger partial charge on any atom is 0.417 e. The molecule has 1 aliphatic rings. The lowest BCUT2D eigenvalue weighted by Crippen LogP contribution is -2.47.